The van der Waals surface area contributed by atoms with Crippen LogP contribution in [0.4, 0.5) is 0 Å². The molecule has 0 fully saturated rings. The van der Waals surface area contributed by atoms with Gasteiger partial charge in [0.05, 0.1) is 0 Å². The third-order valence-corrected chi connectivity index (χ3v) is 5.85. The number of rotatable bonds is 11. The number of nitrogens with one attached hydrogen (secondary N) is 1. The summed E-state index contributed by atoms with van der Waals surface area (Å²) in [5.41, 5.74) is 4.41. The smallest absolute Gasteiger partial charge is 0.205 e. The molecule has 0 aliphatic heterocycles. The SMILES string of the molecule is CCCCCc1nc(Cc2ccc(-c3ccccc3-c3nn[nH]n3)cc2)n(CCC(C)C)n1. The van der Waals surface area contributed by atoms with Crippen molar-refractivity contribution in [3.05, 3.63) is 65.7 Å². The van der Waals surface area contributed by atoms with E-state index in [2.05, 4.69) is 76.4 Å². The van der Waals surface area contributed by atoms with Crippen LogP contribution in [0.5, 0.6) is 0 Å². The Labute approximate surface area is 195 Å². The number of aromatic amines is 1. The maximum absolute atomic E-state index is 4.91. The molecular formula is C26H33N7. The average Bonchev–Trinajstić information content (AvgIpc) is 3.49. The van der Waals surface area contributed by atoms with Gasteiger partial charge in [-0.3, -0.25) is 0 Å². The molecule has 0 aliphatic carbocycles. The van der Waals surface area contributed by atoms with Crippen LogP contribution in [0.1, 0.15) is 63.7 Å². The molecule has 0 amide bonds. The molecule has 0 bridgehead atoms. The third-order valence-electron chi connectivity index (χ3n) is 5.85. The lowest BCUT2D eigenvalue weighted by atomic mass is 9.98. The van der Waals surface area contributed by atoms with Crippen LogP contribution in [0.2, 0.25) is 0 Å². The van der Waals surface area contributed by atoms with Gasteiger partial charge in [-0.1, -0.05) is 82.1 Å². The minimum absolute atomic E-state index is 0.600. The highest BCUT2D eigenvalue weighted by Gasteiger charge is 2.13. The van der Waals surface area contributed by atoms with Crippen LogP contribution in [0.15, 0.2) is 48.5 Å². The fourth-order valence-corrected chi connectivity index (χ4v) is 3.95. The quantitative estimate of drug-likeness (QED) is 0.310. The molecule has 1 N–H and O–H groups in total. The summed E-state index contributed by atoms with van der Waals surface area (Å²) in [5.74, 6) is 3.28. The van der Waals surface area contributed by atoms with E-state index in [1.54, 1.807) is 0 Å². The van der Waals surface area contributed by atoms with E-state index < -0.39 is 0 Å². The van der Waals surface area contributed by atoms with Crippen molar-refractivity contribution in [3.8, 4) is 22.5 Å². The Kier molecular flexibility index (Phi) is 7.60. The second-order valence-corrected chi connectivity index (χ2v) is 8.96. The number of tetrazole rings is 1. The molecular weight excluding hydrogens is 410 g/mol. The number of aromatic nitrogens is 7. The van der Waals surface area contributed by atoms with E-state index in [4.69, 9.17) is 10.1 Å². The van der Waals surface area contributed by atoms with Gasteiger partial charge < -0.3 is 0 Å². The Morgan fingerprint density at radius 1 is 0.970 bits per heavy atom. The van der Waals surface area contributed by atoms with E-state index in [1.165, 1.54) is 18.4 Å². The Balaban J connectivity index is 1.53. The Morgan fingerprint density at radius 2 is 1.76 bits per heavy atom. The molecule has 0 unspecified atom stereocenters. The second-order valence-electron chi connectivity index (χ2n) is 8.96. The van der Waals surface area contributed by atoms with Crippen molar-refractivity contribution in [3.63, 3.8) is 0 Å². The molecule has 2 aromatic heterocycles. The van der Waals surface area contributed by atoms with E-state index in [-0.39, 0.29) is 0 Å². The highest BCUT2D eigenvalue weighted by atomic mass is 15.5. The molecule has 33 heavy (non-hydrogen) atoms. The lowest BCUT2D eigenvalue weighted by molar-refractivity contribution is 0.473. The van der Waals surface area contributed by atoms with Crippen molar-refractivity contribution in [1.29, 1.82) is 0 Å². The number of hydrogen-bond donors (Lipinski definition) is 1. The molecule has 2 aromatic carbocycles. The first-order valence-corrected chi connectivity index (χ1v) is 12.0. The maximum atomic E-state index is 4.91. The molecule has 0 aliphatic rings. The standard InChI is InChI=1S/C26H33N7/c1-4-5-6-11-24-27-25(33(30-24)17-16-19(2)3)18-20-12-14-21(15-13-20)22-9-7-8-10-23(22)26-28-31-32-29-26/h7-10,12-15,19H,4-6,11,16-18H2,1-3H3,(H,28,29,31,32). The lowest BCUT2D eigenvalue weighted by Gasteiger charge is -2.10. The summed E-state index contributed by atoms with van der Waals surface area (Å²) in [6, 6.07) is 16.8. The first-order chi connectivity index (χ1) is 16.1. The molecule has 7 nitrogen and oxygen atoms in total. The second kappa shape index (κ2) is 11.0. The average molecular weight is 444 g/mol. The molecule has 0 radical (unpaired) electrons. The van der Waals surface area contributed by atoms with Crippen molar-refractivity contribution in [1.82, 2.24) is 35.4 Å². The van der Waals surface area contributed by atoms with Gasteiger partial charge >= 0.3 is 0 Å². The molecule has 4 aromatic rings. The summed E-state index contributed by atoms with van der Waals surface area (Å²) in [6.07, 6.45) is 6.44. The predicted molar refractivity (Wildman–Crippen MR) is 131 cm³/mol. The highest BCUT2D eigenvalue weighted by Crippen LogP contribution is 2.30. The van der Waals surface area contributed by atoms with Crippen LogP contribution >= 0.6 is 0 Å². The number of aryl methyl sites for hydroxylation is 2. The molecule has 0 spiro atoms. The molecule has 172 valence electrons. The summed E-state index contributed by atoms with van der Waals surface area (Å²) in [5, 5.41) is 19.4. The van der Waals surface area contributed by atoms with Gasteiger partial charge in [0.1, 0.15) is 5.82 Å². The molecule has 4 rings (SSSR count). The van der Waals surface area contributed by atoms with Crippen molar-refractivity contribution in [2.75, 3.05) is 0 Å². The van der Waals surface area contributed by atoms with Gasteiger partial charge in [-0.15, -0.1) is 10.2 Å². The van der Waals surface area contributed by atoms with E-state index in [0.29, 0.717) is 11.7 Å². The molecule has 0 atom stereocenters. The zero-order valence-corrected chi connectivity index (χ0v) is 19.8. The molecule has 0 saturated carbocycles. The van der Waals surface area contributed by atoms with E-state index >= 15 is 0 Å². The van der Waals surface area contributed by atoms with Crippen molar-refractivity contribution in [2.45, 2.75) is 65.8 Å². The van der Waals surface area contributed by atoms with Crippen LogP contribution in [0, 0.1) is 5.92 Å². The summed E-state index contributed by atoms with van der Waals surface area (Å²) >= 11 is 0. The topological polar surface area (TPSA) is 85.2 Å². The van der Waals surface area contributed by atoms with Gasteiger partial charge in [-0.2, -0.15) is 10.3 Å². The Morgan fingerprint density at radius 3 is 2.45 bits per heavy atom. The minimum Gasteiger partial charge on any atom is -0.249 e. The molecule has 2 heterocycles. The number of unbranched alkanes of at least 4 members (excludes halogenated alkanes) is 2. The first kappa shape index (κ1) is 22.8. The number of hydrogen-bond acceptors (Lipinski definition) is 5. The van der Waals surface area contributed by atoms with Crippen LogP contribution < -0.4 is 0 Å². The predicted octanol–water partition coefficient (Wildman–Crippen LogP) is 5.49. The first-order valence-electron chi connectivity index (χ1n) is 12.0. The van der Waals surface area contributed by atoms with E-state index in [0.717, 1.165) is 60.6 Å². The van der Waals surface area contributed by atoms with Crippen LogP contribution in [-0.4, -0.2) is 35.4 Å². The van der Waals surface area contributed by atoms with Crippen molar-refractivity contribution >= 4 is 0 Å². The van der Waals surface area contributed by atoms with Gasteiger partial charge in [0.2, 0.25) is 5.82 Å². The Bertz CT molecular complexity index is 1130. The zero-order valence-electron chi connectivity index (χ0n) is 19.8. The van der Waals surface area contributed by atoms with Crippen molar-refractivity contribution in [2.24, 2.45) is 5.92 Å². The van der Waals surface area contributed by atoms with Gasteiger partial charge in [0, 0.05) is 24.9 Å². The molecule has 0 saturated heterocycles. The van der Waals surface area contributed by atoms with Crippen LogP contribution in [0.25, 0.3) is 22.5 Å². The van der Waals surface area contributed by atoms with Gasteiger partial charge in [0.25, 0.3) is 0 Å². The fraction of sp³-hybridized carbons (Fsp3) is 0.423. The summed E-state index contributed by atoms with van der Waals surface area (Å²) in [6.45, 7) is 7.65. The number of H-pyrrole nitrogens is 1. The van der Waals surface area contributed by atoms with Crippen LogP contribution in [-0.2, 0) is 19.4 Å². The normalized spacial score (nSPS) is 11.4. The lowest BCUT2D eigenvalue weighted by Crippen LogP contribution is -2.08. The van der Waals surface area contributed by atoms with E-state index in [9.17, 15) is 0 Å². The Hall–Kier alpha value is -3.35. The number of benzene rings is 2. The third kappa shape index (κ3) is 5.92. The van der Waals surface area contributed by atoms with Crippen LogP contribution in [0.3, 0.4) is 0 Å². The largest absolute Gasteiger partial charge is 0.249 e. The number of nitrogens with zero attached hydrogens (tertiary/aromatic N) is 6. The summed E-state index contributed by atoms with van der Waals surface area (Å²) in [7, 11) is 0. The zero-order chi connectivity index (χ0) is 23.0. The van der Waals surface area contributed by atoms with Gasteiger partial charge in [-0.25, -0.2) is 9.67 Å². The molecule has 7 heteroatoms. The fourth-order valence-electron chi connectivity index (χ4n) is 3.95. The minimum atomic E-state index is 0.600. The van der Waals surface area contributed by atoms with Gasteiger partial charge in [-0.05, 0) is 40.7 Å². The monoisotopic (exact) mass is 443 g/mol. The highest BCUT2D eigenvalue weighted by molar-refractivity contribution is 5.80. The van der Waals surface area contributed by atoms with Gasteiger partial charge in [0.15, 0.2) is 5.82 Å². The maximum Gasteiger partial charge on any atom is 0.205 e. The summed E-state index contributed by atoms with van der Waals surface area (Å²) < 4.78 is 2.13. The summed E-state index contributed by atoms with van der Waals surface area (Å²) in [4.78, 5) is 4.91. The van der Waals surface area contributed by atoms with Crippen molar-refractivity contribution < 1.29 is 0 Å². The van der Waals surface area contributed by atoms with E-state index in [1.807, 2.05) is 18.2 Å².